The number of hydrogen-bond acceptors (Lipinski definition) is 5. The van der Waals surface area contributed by atoms with E-state index in [9.17, 15) is 14.4 Å². The van der Waals surface area contributed by atoms with Gasteiger partial charge in [0.15, 0.2) is 5.69 Å². The first kappa shape index (κ1) is 22.1. The van der Waals surface area contributed by atoms with E-state index in [4.69, 9.17) is 4.74 Å². The molecule has 0 unspecified atom stereocenters. The highest BCUT2D eigenvalue weighted by molar-refractivity contribution is 6.20. The van der Waals surface area contributed by atoms with Crippen LogP contribution in [0.25, 0.3) is 27.5 Å². The van der Waals surface area contributed by atoms with Gasteiger partial charge in [-0.1, -0.05) is 48.0 Å². The summed E-state index contributed by atoms with van der Waals surface area (Å²) in [5.41, 5.74) is 2.95. The van der Waals surface area contributed by atoms with Gasteiger partial charge in [-0.15, -0.1) is 0 Å². The van der Waals surface area contributed by atoms with Gasteiger partial charge in [0.1, 0.15) is 5.52 Å². The number of nitrogens with zero attached hydrogens (tertiary/aromatic N) is 3. The van der Waals surface area contributed by atoms with Gasteiger partial charge < -0.3 is 14.6 Å². The van der Waals surface area contributed by atoms with E-state index in [1.165, 1.54) is 11.8 Å². The van der Waals surface area contributed by atoms with Gasteiger partial charge in [0.05, 0.1) is 24.0 Å². The molecule has 174 valence electrons. The fourth-order valence-corrected chi connectivity index (χ4v) is 4.26. The Morgan fingerprint density at radius 1 is 0.943 bits per heavy atom. The van der Waals surface area contributed by atoms with Crippen LogP contribution in [0.5, 0.6) is 0 Å². The molecule has 0 aliphatic heterocycles. The van der Waals surface area contributed by atoms with Crippen molar-refractivity contribution in [2.24, 2.45) is 7.05 Å². The Bertz CT molecular complexity index is 1680. The number of fused-ring (bicyclic) bond motifs is 3. The molecule has 1 N–H and O–H groups in total. The average Bonchev–Trinajstić information content (AvgIpc) is 3.18. The van der Waals surface area contributed by atoms with Crippen LogP contribution in [0.2, 0.25) is 0 Å². The lowest BCUT2D eigenvalue weighted by Gasteiger charge is -2.12. The van der Waals surface area contributed by atoms with Crippen molar-refractivity contribution in [3.63, 3.8) is 0 Å². The summed E-state index contributed by atoms with van der Waals surface area (Å²) in [6.45, 7) is 1.95. The van der Waals surface area contributed by atoms with Crippen LogP contribution >= 0.6 is 0 Å². The molecule has 2 aromatic heterocycles. The first-order valence-corrected chi connectivity index (χ1v) is 11.0. The Kier molecular flexibility index (Phi) is 5.41. The number of amides is 1. The Hall–Kier alpha value is -4.72. The van der Waals surface area contributed by atoms with E-state index >= 15 is 0 Å². The third-order valence-corrected chi connectivity index (χ3v) is 6.01. The van der Waals surface area contributed by atoms with E-state index in [1.54, 1.807) is 48.0 Å². The minimum absolute atomic E-state index is 0.0663. The smallest absolute Gasteiger partial charge is 0.339 e. The third-order valence-electron chi connectivity index (χ3n) is 6.01. The minimum Gasteiger partial charge on any atom is -0.465 e. The minimum atomic E-state index is -0.575. The van der Waals surface area contributed by atoms with Crippen molar-refractivity contribution >= 4 is 39.4 Å². The lowest BCUT2D eigenvalue weighted by Crippen LogP contribution is -2.27. The summed E-state index contributed by atoms with van der Waals surface area (Å²) in [7, 11) is 3.07. The van der Waals surface area contributed by atoms with Crippen LogP contribution in [-0.4, -0.2) is 33.3 Å². The van der Waals surface area contributed by atoms with E-state index in [2.05, 4.69) is 10.4 Å². The molecule has 0 radical (unpaired) electrons. The number of benzene rings is 3. The summed E-state index contributed by atoms with van der Waals surface area (Å²) in [6, 6.07) is 21.4. The number of hydrogen-bond donors (Lipinski definition) is 1. The molecular formula is C27H22N4O4. The van der Waals surface area contributed by atoms with Gasteiger partial charge >= 0.3 is 5.97 Å². The number of carbonyl (C=O) groups excluding carboxylic acids is 2. The molecule has 2 heterocycles. The normalized spacial score (nSPS) is 11.1. The number of ether oxygens (including phenoxy) is 1. The summed E-state index contributed by atoms with van der Waals surface area (Å²) in [6.07, 6.45) is 0. The first-order valence-electron chi connectivity index (χ1n) is 11.0. The molecule has 0 atom stereocenters. The number of nitrogens with one attached hydrogen (secondary N) is 1. The van der Waals surface area contributed by atoms with Crippen LogP contribution in [0.4, 0.5) is 5.69 Å². The quantitative estimate of drug-likeness (QED) is 0.400. The standard InChI is InChI=1S/C27H22N4O4/c1-16-12-14-17(15-13-16)31-26(33)24-22(19-9-5-7-11-21(19)30(24)2)23(29-31)25(32)28-20-10-6-4-8-18(20)27(34)35-3/h4-15H,1-3H3,(H,28,32). The van der Waals surface area contributed by atoms with Crippen LogP contribution in [0.15, 0.2) is 77.6 Å². The maximum atomic E-state index is 13.6. The van der Waals surface area contributed by atoms with E-state index in [0.717, 1.165) is 16.5 Å². The number of aromatic nitrogens is 3. The van der Waals surface area contributed by atoms with Gasteiger partial charge in [0, 0.05) is 23.3 Å². The highest BCUT2D eigenvalue weighted by atomic mass is 16.5. The first-order chi connectivity index (χ1) is 16.9. The maximum absolute atomic E-state index is 13.6. The Labute approximate surface area is 200 Å². The van der Waals surface area contributed by atoms with Gasteiger partial charge in [-0.25, -0.2) is 4.79 Å². The lowest BCUT2D eigenvalue weighted by atomic mass is 10.1. The topological polar surface area (TPSA) is 95.2 Å². The second kappa shape index (κ2) is 8.57. The van der Waals surface area contributed by atoms with Gasteiger partial charge in [-0.2, -0.15) is 9.78 Å². The average molecular weight is 466 g/mol. The van der Waals surface area contributed by atoms with Crippen LogP contribution in [0.3, 0.4) is 0 Å². The second-order valence-electron chi connectivity index (χ2n) is 8.19. The molecule has 5 aromatic rings. The van der Waals surface area contributed by atoms with Gasteiger partial charge in [0.25, 0.3) is 11.5 Å². The molecular weight excluding hydrogens is 444 g/mol. The van der Waals surface area contributed by atoms with E-state index in [-0.39, 0.29) is 22.5 Å². The van der Waals surface area contributed by atoms with Crippen molar-refractivity contribution < 1.29 is 14.3 Å². The molecule has 8 heteroatoms. The molecule has 0 saturated heterocycles. The van der Waals surface area contributed by atoms with Crippen molar-refractivity contribution in [2.75, 3.05) is 12.4 Å². The van der Waals surface area contributed by atoms with Gasteiger partial charge in [0.2, 0.25) is 0 Å². The zero-order chi connectivity index (χ0) is 24.7. The molecule has 1 amide bonds. The number of rotatable bonds is 4. The van der Waals surface area contributed by atoms with Crippen molar-refractivity contribution in [3.8, 4) is 5.69 Å². The summed E-state index contributed by atoms with van der Waals surface area (Å²) < 4.78 is 7.86. The molecule has 35 heavy (non-hydrogen) atoms. The Morgan fingerprint density at radius 2 is 1.63 bits per heavy atom. The van der Waals surface area contributed by atoms with Crippen LogP contribution in [0, 0.1) is 6.92 Å². The maximum Gasteiger partial charge on any atom is 0.339 e. The summed E-state index contributed by atoms with van der Waals surface area (Å²) in [5.74, 6) is -1.13. The number of esters is 1. The van der Waals surface area contributed by atoms with Gasteiger partial charge in [-0.05, 0) is 37.3 Å². The fourth-order valence-electron chi connectivity index (χ4n) is 4.26. The largest absolute Gasteiger partial charge is 0.465 e. The predicted molar refractivity (Wildman–Crippen MR) is 134 cm³/mol. The van der Waals surface area contributed by atoms with Crippen LogP contribution < -0.4 is 10.9 Å². The Morgan fingerprint density at radius 3 is 2.37 bits per heavy atom. The van der Waals surface area contributed by atoms with Crippen molar-refractivity contribution in [1.82, 2.24) is 14.3 Å². The third kappa shape index (κ3) is 3.65. The number of anilines is 1. The van der Waals surface area contributed by atoms with Gasteiger partial charge in [-0.3, -0.25) is 9.59 Å². The monoisotopic (exact) mass is 466 g/mol. The van der Waals surface area contributed by atoms with Crippen molar-refractivity contribution in [1.29, 1.82) is 0 Å². The number of carbonyl (C=O) groups is 2. The fraction of sp³-hybridized carbons (Fsp3) is 0.111. The molecule has 0 aliphatic carbocycles. The molecule has 3 aromatic carbocycles. The lowest BCUT2D eigenvalue weighted by molar-refractivity contribution is 0.0602. The van der Waals surface area contributed by atoms with Crippen LogP contribution in [0.1, 0.15) is 26.4 Å². The summed E-state index contributed by atoms with van der Waals surface area (Å²) in [4.78, 5) is 39.5. The number of aryl methyl sites for hydroxylation is 2. The molecule has 0 fully saturated rings. The molecule has 0 spiro atoms. The highest BCUT2D eigenvalue weighted by Gasteiger charge is 2.24. The zero-order valence-electron chi connectivity index (χ0n) is 19.4. The molecule has 0 bridgehead atoms. The molecule has 0 aliphatic rings. The zero-order valence-corrected chi connectivity index (χ0v) is 19.4. The predicted octanol–water partition coefficient (Wildman–Crippen LogP) is 4.22. The number of methoxy groups -OCH3 is 1. The van der Waals surface area contributed by atoms with Crippen molar-refractivity contribution in [3.05, 3.63) is 100.0 Å². The van der Waals surface area contributed by atoms with Crippen LogP contribution in [-0.2, 0) is 11.8 Å². The highest BCUT2D eigenvalue weighted by Crippen LogP contribution is 2.29. The van der Waals surface area contributed by atoms with Crippen molar-refractivity contribution in [2.45, 2.75) is 6.92 Å². The van der Waals surface area contributed by atoms with E-state index < -0.39 is 11.9 Å². The molecule has 8 nitrogen and oxygen atoms in total. The van der Waals surface area contributed by atoms with E-state index in [1.807, 2.05) is 43.3 Å². The second-order valence-corrected chi connectivity index (χ2v) is 8.19. The molecule has 5 rings (SSSR count). The summed E-state index contributed by atoms with van der Waals surface area (Å²) >= 11 is 0. The molecule has 0 saturated carbocycles. The number of para-hydroxylation sites is 2. The summed E-state index contributed by atoms with van der Waals surface area (Å²) in [5, 5.41) is 8.49. The Balaban J connectivity index is 1.77. The SMILES string of the molecule is COC(=O)c1ccccc1NC(=O)c1nn(-c2ccc(C)cc2)c(=O)c2c1c1ccccc1n2C. The van der Waals surface area contributed by atoms with E-state index in [0.29, 0.717) is 16.6 Å².